The van der Waals surface area contributed by atoms with E-state index in [9.17, 15) is 15.3 Å². The molecule has 0 aliphatic heterocycles. The molecule has 5 heteroatoms. The zero-order chi connectivity index (χ0) is 36.4. The van der Waals surface area contributed by atoms with Crippen molar-refractivity contribution in [2.45, 2.75) is 233 Å². The fourth-order valence-electron chi connectivity index (χ4n) is 7.28. The largest absolute Gasteiger partial charge is 0.392 e. The van der Waals surface area contributed by atoms with Gasteiger partial charge >= 0.3 is 0 Å². The molecule has 0 fully saturated rings. The summed E-state index contributed by atoms with van der Waals surface area (Å²) in [5.41, 5.74) is 0. The second-order valence-corrected chi connectivity index (χ2v) is 16.4. The molecule has 0 aliphatic carbocycles. The van der Waals surface area contributed by atoms with E-state index in [2.05, 4.69) is 44.5 Å². The molecule has 0 spiro atoms. The Morgan fingerprint density at radius 3 is 1.12 bits per heavy atom. The quantitative estimate of drug-likeness (QED) is 0.0558. The number of hydrogen-bond donors (Lipinski definition) is 3. The normalized spacial score (nSPS) is 15.2. The summed E-state index contributed by atoms with van der Waals surface area (Å²) in [7, 11) is 2.12. The van der Waals surface area contributed by atoms with Crippen LogP contribution in [0.5, 0.6) is 0 Å². The fourth-order valence-corrected chi connectivity index (χ4v) is 7.28. The number of unbranched alkanes of at least 4 members (excludes halogenated alkanes) is 22. The molecule has 0 saturated heterocycles. The monoisotopic (exact) mass is 697 g/mol. The van der Waals surface area contributed by atoms with E-state index in [-0.39, 0.29) is 24.2 Å². The highest BCUT2D eigenvalue weighted by atomic mass is 16.3. The van der Waals surface area contributed by atoms with Gasteiger partial charge in [-0.2, -0.15) is 0 Å². The Bertz CT molecular complexity index is 650. The summed E-state index contributed by atoms with van der Waals surface area (Å²) in [6.07, 6.45) is 35.7. The molecule has 0 aromatic rings. The molecule has 0 radical (unpaired) electrons. The van der Waals surface area contributed by atoms with E-state index in [0.717, 1.165) is 45.3 Å². The predicted molar refractivity (Wildman–Crippen MR) is 217 cm³/mol. The van der Waals surface area contributed by atoms with Gasteiger partial charge in [0, 0.05) is 19.6 Å². The van der Waals surface area contributed by atoms with Crippen molar-refractivity contribution < 1.29 is 15.3 Å². The van der Waals surface area contributed by atoms with E-state index in [1.165, 1.54) is 154 Å². The van der Waals surface area contributed by atoms with Gasteiger partial charge in [0.25, 0.3) is 0 Å². The number of aliphatic hydroxyl groups is 3. The summed E-state index contributed by atoms with van der Waals surface area (Å²) in [4.78, 5) is 4.54. The lowest BCUT2D eigenvalue weighted by Crippen LogP contribution is -2.41. The van der Waals surface area contributed by atoms with Gasteiger partial charge < -0.3 is 20.2 Å². The van der Waals surface area contributed by atoms with Gasteiger partial charge in [-0.1, -0.05) is 189 Å². The lowest BCUT2D eigenvalue weighted by atomic mass is 9.96. The topological polar surface area (TPSA) is 67.2 Å². The smallest absolute Gasteiger partial charge is 0.0692 e. The van der Waals surface area contributed by atoms with Crippen LogP contribution in [0, 0.1) is 11.8 Å². The second-order valence-electron chi connectivity index (χ2n) is 16.4. The number of rotatable bonds is 39. The zero-order valence-electron chi connectivity index (χ0n) is 34.5. The van der Waals surface area contributed by atoms with E-state index in [4.69, 9.17) is 0 Å². The molecule has 3 N–H and O–H groups in total. The van der Waals surface area contributed by atoms with Crippen LogP contribution in [0.15, 0.2) is 0 Å². The Kier molecular flexibility index (Phi) is 36.0. The van der Waals surface area contributed by atoms with Crippen molar-refractivity contribution >= 4 is 0 Å². The van der Waals surface area contributed by atoms with Crippen LogP contribution in [-0.2, 0) is 0 Å². The van der Waals surface area contributed by atoms with Crippen molar-refractivity contribution in [1.82, 2.24) is 9.80 Å². The SMILES string of the molecule is CCCCCCCCCCCCCCC(C)C(O)CN(C)CCCN(CC(O)CC)CC(O)C(C)CCCCCCCCCCCCCC. The zero-order valence-corrected chi connectivity index (χ0v) is 34.5. The minimum Gasteiger partial charge on any atom is -0.392 e. The van der Waals surface area contributed by atoms with Gasteiger partial charge in [0.2, 0.25) is 0 Å². The maximum absolute atomic E-state index is 11.1. The van der Waals surface area contributed by atoms with E-state index in [1.54, 1.807) is 0 Å². The Morgan fingerprint density at radius 2 is 0.755 bits per heavy atom. The van der Waals surface area contributed by atoms with Gasteiger partial charge in [-0.25, -0.2) is 0 Å². The Balaban J connectivity index is 4.12. The molecule has 0 bridgehead atoms. The molecule has 0 amide bonds. The number of aliphatic hydroxyl groups excluding tert-OH is 3. The van der Waals surface area contributed by atoms with Crippen LogP contribution in [-0.4, -0.2) is 83.2 Å². The molecular weight excluding hydrogens is 604 g/mol. The van der Waals surface area contributed by atoms with E-state index < -0.39 is 0 Å². The van der Waals surface area contributed by atoms with Gasteiger partial charge in [-0.15, -0.1) is 0 Å². The summed E-state index contributed by atoms with van der Waals surface area (Å²) >= 11 is 0. The lowest BCUT2D eigenvalue weighted by molar-refractivity contribution is 0.0382. The summed E-state index contributed by atoms with van der Waals surface area (Å²) in [6, 6.07) is 0. The minimum absolute atomic E-state index is 0.279. The molecule has 296 valence electrons. The van der Waals surface area contributed by atoms with Crippen molar-refractivity contribution in [3.8, 4) is 0 Å². The van der Waals surface area contributed by atoms with E-state index in [1.807, 2.05) is 6.92 Å². The molecule has 0 heterocycles. The number of likely N-dealkylation sites (N-methyl/N-ethyl adjacent to an activating group) is 1. The van der Waals surface area contributed by atoms with Crippen LogP contribution in [0.3, 0.4) is 0 Å². The molecule has 5 unspecified atom stereocenters. The Labute approximate surface area is 308 Å². The highest BCUT2D eigenvalue weighted by Crippen LogP contribution is 2.19. The number of hydrogen-bond acceptors (Lipinski definition) is 5. The average Bonchev–Trinajstić information content (AvgIpc) is 3.08. The van der Waals surface area contributed by atoms with Crippen LogP contribution in [0.1, 0.15) is 214 Å². The lowest BCUT2D eigenvalue weighted by Gasteiger charge is -2.30. The van der Waals surface area contributed by atoms with Crippen LogP contribution >= 0.6 is 0 Å². The van der Waals surface area contributed by atoms with Crippen molar-refractivity contribution in [3.63, 3.8) is 0 Å². The highest BCUT2D eigenvalue weighted by molar-refractivity contribution is 4.74. The summed E-state index contributed by atoms with van der Waals surface area (Å²) in [5, 5.41) is 32.3. The first-order valence-corrected chi connectivity index (χ1v) is 22.2. The van der Waals surface area contributed by atoms with Crippen molar-refractivity contribution in [2.24, 2.45) is 11.8 Å². The molecule has 0 saturated carbocycles. The van der Waals surface area contributed by atoms with Gasteiger partial charge in [-0.05, 0) is 57.7 Å². The van der Waals surface area contributed by atoms with Crippen molar-refractivity contribution in [3.05, 3.63) is 0 Å². The molecule has 0 aromatic heterocycles. The van der Waals surface area contributed by atoms with Crippen molar-refractivity contribution in [2.75, 3.05) is 39.8 Å². The van der Waals surface area contributed by atoms with Gasteiger partial charge in [-0.3, -0.25) is 4.90 Å². The average molecular weight is 697 g/mol. The first-order chi connectivity index (χ1) is 23.7. The van der Waals surface area contributed by atoms with Gasteiger partial charge in [0.15, 0.2) is 0 Å². The van der Waals surface area contributed by atoms with Crippen LogP contribution < -0.4 is 0 Å². The third-order valence-corrected chi connectivity index (χ3v) is 11.2. The van der Waals surface area contributed by atoms with E-state index >= 15 is 0 Å². The van der Waals surface area contributed by atoms with E-state index in [0.29, 0.717) is 19.0 Å². The first kappa shape index (κ1) is 48.8. The third-order valence-electron chi connectivity index (χ3n) is 11.2. The maximum Gasteiger partial charge on any atom is 0.0692 e. The predicted octanol–water partition coefficient (Wildman–Crippen LogP) is 11.6. The van der Waals surface area contributed by atoms with Crippen molar-refractivity contribution in [1.29, 1.82) is 0 Å². The maximum atomic E-state index is 11.1. The molecule has 0 aromatic carbocycles. The third kappa shape index (κ3) is 32.2. The molecule has 0 aliphatic rings. The minimum atomic E-state index is -0.350. The van der Waals surface area contributed by atoms with Crippen LogP contribution in [0.25, 0.3) is 0 Å². The summed E-state index contributed by atoms with van der Waals surface area (Å²) in [6.45, 7) is 14.8. The number of nitrogens with zero attached hydrogens (tertiary/aromatic N) is 2. The highest BCUT2D eigenvalue weighted by Gasteiger charge is 2.20. The summed E-state index contributed by atoms with van der Waals surface area (Å²) in [5.74, 6) is 0.623. The van der Waals surface area contributed by atoms with Crippen LogP contribution in [0.2, 0.25) is 0 Å². The Morgan fingerprint density at radius 1 is 0.408 bits per heavy atom. The standard InChI is InChI=1S/C44H92N2O3/c1-7-10-12-14-16-18-20-22-24-26-28-30-33-40(4)43(48)38-45(6)35-32-36-46(37-42(47)9-3)39-44(49)41(5)34-31-29-27-25-23-21-19-17-15-13-11-8-2/h40-44,47-49H,7-39H2,1-6H3. The fraction of sp³-hybridized carbons (Fsp3) is 1.00. The molecule has 49 heavy (non-hydrogen) atoms. The molecule has 5 atom stereocenters. The summed E-state index contributed by atoms with van der Waals surface area (Å²) < 4.78 is 0. The second kappa shape index (κ2) is 36.2. The molecular formula is C44H92N2O3. The molecule has 5 nitrogen and oxygen atoms in total. The van der Waals surface area contributed by atoms with Gasteiger partial charge in [0.05, 0.1) is 18.3 Å². The Hall–Kier alpha value is -0.200. The first-order valence-electron chi connectivity index (χ1n) is 22.2. The molecule has 0 rings (SSSR count). The van der Waals surface area contributed by atoms with Crippen LogP contribution in [0.4, 0.5) is 0 Å². The van der Waals surface area contributed by atoms with Gasteiger partial charge in [0.1, 0.15) is 0 Å².